The lowest BCUT2D eigenvalue weighted by Gasteiger charge is -2.03. The number of carbonyl (C=O) groups excluding carboxylic acids is 1. The Morgan fingerprint density at radius 2 is 1.76 bits per heavy atom. The Balaban J connectivity index is 1.59. The quantitative estimate of drug-likeness (QED) is 0.262. The van der Waals surface area contributed by atoms with E-state index >= 15 is 0 Å². The number of carbonyl (C=O) groups is 1. The Labute approximate surface area is 189 Å². The minimum atomic E-state index is -0.523. The number of hydrazone groups is 1. The smallest absolute Gasteiger partial charge is 0.271 e. The Morgan fingerprint density at radius 1 is 1.06 bits per heavy atom. The summed E-state index contributed by atoms with van der Waals surface area (Å²) in [7, 11) is 1.60. The van der Waals surface area contributed by atoms with E-state index in [1.165, 1.54) is 30.5 Å². The molecule has 0 atom stereocenters. The highest BCUT2D eigenvalue weighted by Crippen LogP contribution is 2.25. The molecule has 9 nitrogen and oxygen atoms in total. The molecule has 0 saturated carbocycles. The van der Waals surface area contributed by atoms with Gasteiger partial charge in [0.05, 0.1) is 23.9 Å². The summed E-state index contributed by atoms with van der Waals surface area (Å²) in [4.78, 5) is 22.6. The van der Waals surface area contributed by atoms with Crippen molar-refractivity contribution in [2.45, 2.75) is 0 Å². The Hall–Kier alpha value is -4.79. The van der Waals surface area contributed by atoms with Crippen molar-refractivity contribution in [3.05, 3.63) is 106 Å². The fourth-order valence-electron chi connectivity index (χ4n) is 3.13. The van der Waals surface area contributed by atoms with Crippen molar-refractivity contribution in [2.75, 3.05) is 7.11 Å². The van der Waals surface area contributed by atoms with Gasteiger partial charge < -0.3 is 4.74 Å². The molecule has 0 aliphatic rings. The van der Waals surface area contributed by atoms with Gasteiger partial charge in [-0.05, 0) is 48.5 Å². The van der Waals surface area contributed by atoms with Gasteiger partial charge in [-0.15, -0.1) is 0 Å². The van der Waals surface area contributed by atoms with Crippen LogP contribution in [0, 0.1) is 10.1 Å². The Bertz CT molecular complexity index is 1300. The standard InChI is InChI=1S/C24H19N5O4/c1-33-22-13-9-17(10-14-22)23-19(16-28(27-23)20-5-3-2-4-6-20)15-25-26-24(30)18-7-11-21(12-8-18)29(31)32/h2-16H,1H3,(H,26,30). The van der Waals surface area contributed by atoms with Crippen molar-refractivity contribution in [1.29, 1.82) is 0 Å². The number of benzene rings is 3. The molecule has 0 saturated heterocycles. The molecule has 1 aromatic heterocycles. The summed E-state index contributed by atoms with van der Waals surface area (Å²) in [6.45, 7) is 0. The summed E-state index contributed by atoms with van der Waals surface area (Å²) in [5, 5.41) is 19.5. The second-order valence-electron chi connectivity index (χ2n) is 6.94. The van der Waals surface area contributed by atoms with E-state index in [-0.39, 0.29) is 11.3 Å². The van der Waals surface area contributed by atoms with E-state index in [1.807, 2.05) is 60.8 Å². The molecular formula is C24H19N5O4. The molecule has 164 valence electrons. The first kappa shape index (κ1) is 21.4. The number of nitro benzene ring substituents is 1. The molecule has 1 N–H and O–H groups in total. The van der Waals surface area contributed by atoms with Crippen LogP contribution in [0.25, 0.3) is 16.9 Å². The minimum absolute atomic E-state index is 0.0903. The highest BCUT2D eigenvalue weighted by Gasteiger charge is 2.12. The number of nitrogens with zero attached hydrogens (tertiary/aromatic N) is 4. The molecule has 3 aromatic carbocycles. The minimum Gasteiger partial charge on any atom is -0.497 e. The second-order valence-corrected chi connectivity index (χ2v) is 6.94. The highest BCUT2D eigenvalue weighted by molar-refractivity contribution is 5.95. The van der Waals surface area contributed by atoms with E-state index in [0.717, 1.165) is 17.0 Å². The number of hydrogen-bond donors (Lipinski definition) is 1. The van der Waals surface area contributed by atoms with Gasteiger partial charge in [0.25, 0.3) is 11.6 Å². The molecule has 0 aliphatic heterocycles. The van der Waals surface area contributed by atoms with Crippen LogP contribution in [0.2, 0.25) is 0 Å². The fourth-order valence-corrected chi connectivity index (χ4v) is 3.13. The average molecular weight is 441 g/mol. The average Bonchev–Trinajstić information content (AvgIpc) is 3.29. The molecule has 0 fully saturated rings. The Kier molecular flexibility index (Phi) is 6.21. The van der Waals surface area contributed by atoms with Crippen molar-refractivity contribution in [3.63, 3.8) is 0 Å². The molecule has 1 heterocycles. The van der Waals surface area contributed by atoms with Crippen LogP contribution in [-0.2, 0) is 0 Å². The maximum absolute atomic E-state index is 12.3. The molecule has 1 amide bonds. The van der Waals surface area contributed by atoms with Crippen LogP contribution in [0.15, 0.2) is 90.2 Å². The Morgan fingerprint density at radius 3 is 2.39 bits per heavy atom. The van der Waals surface area contributed by atoms with Crippen LogP contribution in [0.4, 0.5) is 5.69 Å². The monoisotopic (exact) mass is 441 g/mol. The zero-order valence-corrected chi connectivity index (χ0v) is 17.6. The summed E-state index contributed by atoms with van der Waals surface area (Å²) in [6.07, 6.45) is 3.33. The zero-order chi connectivity index (χ0) is 23.2. The van der Waals surface area contributed by atoms with Crippen LogP contribution in [0.1, 0.15) is 15.9 Å². The van der Waals surface area contributed by atoms with Crippen molar-refractivity contribution in [1.82, 2.24) is 15.2 Å². The molecular weight excluding hydrogens is 422 g/mol. The first-order chi connectivity index (χ1) is 16.0. The molecule has 0 aliphatic carbocycles. The number of non-ortho nitro benzene ring substituents is 1. The van der Waals surface area contributed by atoms with Gasteiger partial charge in [-0.25, -0.2) is 10.1 Å². The number of ether oxygens (including phenoxy) is 1. The highest BCUT2D eigenvalue weighted by atomic mass is 16.6. The second kappa shape index (κ2) is 9.56. The number of nitrogens with one attached hydrogen (secondary N) is 1. The number of rotatable bonds is 7. The van der Waals surface area contributed by atoms with E-state index in [9.17, 15) is 14.9 Å². The third-order valence-corrected chi connectivity index (χ3v) is 4.84. The van der Waals surface area contributed by atoms with Crippen molar-refractivity contribution in [3.8, 4) is 22.7 Å². The van der Waals surface area contributed by atoms with Gasteiger partial charge in [0.1, 0.15) is 11.4 Å². The number of hydrogen-bond acceptors (Lipinski definition) is 6. The summed E-state index contributed by atoms with van der Waals surface area (Å²) < 4.78 is 6.96. The number of amides is 1. The molecule has 0 radical (unpaired) electrons. The zero-order valence-electron chi connectivity index (χ0n) is 17.6. The molecule has 0 unspecified atom stereocenters. The summed E-state index contributed by atoms with van der Waals surface area (Å²) in [6, 6.07) is 22.4. The van der Waals surface area contributed by atoms with Crippen molar-refractivity contribution in [2.24, 2.45) is 5.10 Å². The normalized spacial score (nSPS) is 10.8. The molecule has 0 bridgehead atoms. The summed E-state index contributed by atoms with van der Waals surface area (Å²) >= 11 is 0. The van der Waals surface area contributed by atoms with Gasteiger partial charge in [-0.2, -0.15) is 10.2 Å². The maximum Gasteiger partial charge on any atom is 0.271 e. The van der Waals surface area contributed by atoms with E-state index in [0.29, 0.717) is 11.3 Å². The first-order valence-electron chi connectivity index (χ1n) is 9.92. The predicted molar refractivity (Wildman–Crippen MR) is 124 cm³/mol. The van der Waals surface area contributed by atoms with Crippen LogP contribution in [0.3, 0.4) is 0 Å². The van der Waals surface area contributed by atoms with Crippen molar-refractivity contribution < 1.29 is 14.5 Å². The van der Waals surface area contributed by atoms with Crippen LogP contribution < -0.4 is 10.2 Å². The summed E-state index contributed by atoms with van der Waals surface area (Å²) in [5.74, 6) is 0.245. The van der Waals surface area contributed by atoms with Crippen LogP contribution in [0.5, 0.6) is 5.75 Å². The predicted octanol–water partition coefficient (Wildman–Crippen LogP) is 4.22. The molecule has 33 heavy (non-hydrogen) atoms. The largest absolute Gasteiger partial charge is 0.497 e. The van der Waals surface area contributed by atoms with Gasteiger partial charge in [0, 0.05) is 35.0 Å². The molecule has 4 aromatic rings. The SMILES string of the molecule is COc1ccc(-c2nn(-c3ccccc3)cc2C=NNC(=O)c2ccc([N+](=O)[O-])cc2)cc1. The lowest BCUT2D eigenvalue weighted by Crippen LogP contribution is -2.17. The van der Waals surface area contributed by atoms with Gasteiger partial charge in [0.2, 0.25) is 0 Å². The fraction of sp³-hybridized carbons (Fsp3) is 0.0417. The topological polar surface area (TPSA) is 112 Å². The van der Waals surface area contributed by atoms with Crippen molar-refractivity contribution >= 4 is 17.8 Å². The number of aromatic nitrogens is 2. The van der Waals surface area contributed by atoms with E-state index in [2.05, 4.69) is 10.5 Å². The maximum atomic E-state index is 12.3. The third kappa shape index (κ3) is 4.93. The van der Waals surface area contributed by atoms with Crippen LogP contribution >= 0.6 is 0 Å². The lowest BCUT2D eigenvalue weighted by molar-refractivity contribution is -0.384. The number of methoxy groups -OCH3 is 1. The van der Waals surface area contributed by atoms with Gasteiger partial charge in [-0.1, -0.05) is 18.2 Å². The molecule has 9 heteroatoms. The lowest BCUT2D eigenvalue weighted by atomic mass is 10.1. The summed E-state index contributed by atoms with van der Waals surface area (Å²) in [5.41, 5.74) is 5.71. The van der Waals surface area contributed by atoms with Gasteiger partial charge in [-0.3, -0.25) is 14.9 Å². The van der Waals surface area contributed by atoms with Crippen LogP contribution in [-0.4, -0.2) is 33.9 Å². The molecule has 0 spiro atoms. The number of para-hydroxylation sites is 1. The molecule has 4 rings (SSSR count). The number of nitro groups is 1. The van der Waals surface area contributed by atoms with E-state index in [1.54, 1.807) is 11.8 Å². The van der Waals surface area contributed by atoms with Gasteiger partial charge >= 0.3 is 0 Å². The van der Waals surface area contributed by atoms with E-state index < -0.39 is 10.8 Å². The van der Waals surface area contributed by atoms with E-state index in [4.69, 9.17) is 9.84 Å². The van der Waals surface area contributed by atoms with Gasteiger partial charge in [0.15, 0.2) is 0 Å². The third-order valence-electron chi connectivity index (χ3n) is 4.84. The first-order valence-corrected chi connectivity index (χ1v) is 9.92.